The van der Waals surface area contributed by atoms with E-state index < -0.39 is 35.8 Å². The molecule has 3 rings (SSSR count). The molecule has 3 aromatic carbocycles. The molecule has 12 heteroatoms. The van der Waals surface area contributed by atoms with Crippen molar-refractivity contribution in [2.45, 2.75) is 54.4 Å². The fourth-order valence-electron chi connectivity index (χ4n) is 4.25. The summed E-state index contributed by atoms with van der Waals surface area (Å²) in [6.45, 7) is 7.31. The molecule has 12 nitrogen and oxygen atoms in total. The van der Waals surface area contributed by atoms with Crippen LogP contribution in [0, 0.1) is 0 Å². The lowest BCUT2D eigenvalue weighted by atomic mass is 9.96. The molecule has 3 aromatic rings. The molecule has 0 aromatic heterocycles. The van der Waals surface area contributed by atoms with E-state index in [1.807, 2.05) is 0 Å². The Balaban J connectivity index is 2.25. The van der Waals surface area contributed by atoms with Crippen molar-refractivity contribution in [1.82, 2.24) is 0 Å². The van der Waals surface area contributed by atoms with Gasteiger partial charge in [0.05, 0.1) is 0 Å². The third-order valence-corrected chi connectivity index (χ3v) is 5.58. The highest BCUT2D eigenvalue weighted by atomic mass is 16.6. The number of carbonyl (C=O) groups is 6. The summed E-state index contributed by atoms with van der Waals surface area (Å²) < 4.78 is 32.1. The van der Waals surface area contributed by atoms with E-state index >= 15 is 0 Å². The van der Waals surface area contributed by atoms with Crippen molar-refractivity contribution in [3.63, 3.8) is 0 Å². The molecule has 0 radical (unpaired) electrons. The van der Waals surface area contributed by atoms with Gasteiger partial charge >= 0.3 is 35.8 Å². The highest BCUT2D eigenvalue weighted by molar-refractivity contribution is 5.75. The summed E-state index contributed by atoms with van der Waals surface area (Å²) in [5, 5.41) is 0. The lowest BCUT2D eigenvalue weighted by molar-refractivity contribution is -0.133. The average Bonchev–Trinajstić information content (AvgIpc) is 2.87. The van der Waals surface area contributed by atoms with Crippen molar-refractivity contribution >= 4 is 35.8 Å². The highest BCUT2D eigenvalue weighted by Gasteiger charge is 2.21. The Bertz CT molecular complexity index is 1530. The van der Waals surface area contributed by atoms with Crippen molar-refractivity contribution in [3.8, 4) is 34.5 Å². The predicted molar refractivity (Wildman–Crippen MR) is 153 cm³/mol. The second-order valence-electron chi connectivity index (χ2n) is 9.53. The van der Waals surface area contributed by atoms with Crippen molar-refractivity contribution < 1.29 is 57.2 Å². The third kappa shape index (κ3) is 9.79. The minimum Gasteiger partial charge on any atom is -0.427 e. The molecule has 230 valence electrons. The number of hydrogen-bond acceptors (Lipinski definition) is 12. The van der Waals surface area contributed by atoms with Gasteiger partial charge in [-0.15, -0.1) is 0 Å². The summed E-state index contributed by atoms with van der Waals surface area (Å²) in [6.07, 6.45) is -0.0978. The maximum absolute atomic E-state index is 12.3. The number of ether oxygens (including phenoxy) is 6. The summed E-state index contributed by atoms with van der Waals surface area (Å²) >= 11 is 0. The molecule has 0 bridgehead atoms. The third-order valence-electron chi connectivity index (χ3n) is 5.58. The zero-order chi connectivity index (χ0) is 32.6. The molecule has 0 spiro atoms. The number of rotatable bonds is 10. The monoisotopic (exact) mass is 606 g/mol. The Hall–Kier alpha value is -5.52. The van der Waals surface area contributed by atoms with Crippen LogP contribution in [0.1, 0.15) is 63.8 Å². The van der Waals surface area contributed by atoms with Crippen LogP contribution in [0.4, 0.5) is 0 Å². The van der Waals surface area contributed by atoms with E-state index in [0.29, 0.717) is 22.3 Å². The van der Waals surface area contributed by atoms with Gasteiger partial charge in [-0.1, -0.05) is 0 Å². The molecule has 44 heavy (non-hydrogen) atoms. The van der Waals surface area contributed by atoms with E-state index in [0.717, 1.165) is 0 Å². The maximum Gasteiger partial charge on any atom is 0.308 e. The van der Waals surface area contributed by atoms with Gasteiger partial charge in [0.15, 0.2) is 0 Å². The first-order valence-corrected chi connectivity index (χ1v) is 13.2. The standard InChI is InChI=1S/C32H30O12/c1-17(33)39-27-7-9-30(42-20(4)36)23(13-27)11-25-15-29(41-19(3)35)16-26(32(25)44-22(6)38)12-24-14-28(40-18(2)34)8-10-31(24)43-21(5)37/h7-10,13-16H,11-12H2,1-6H3. The molecule has 0 heterocycles. The first kappa shape index (κ1) is 33.0. The minimum absolute atomic E-state index is 0.0489. The molecule has 0 atom stereocenters. The Morgan fingerprint density at radius 3 is 1.07 bits per heavy atom. The Labute approximate surface area is 252 Å². The van der Waals surface area contributed by atoms with Gasteiger partial charge in [0.25, 0.3) is 0 Å². The molecule has 0 aliphatic heterocycles. The molecule has 0 N–H and O–H groups in total. The largest absolute Gasteiger partial charge is 0.427 e. The Morgan fingerprint density at radius 2 is 0.727 bits per heavy atom. The van der Waals surface area contributed by atoms with Crippen molar-refractivity contribution in [2.75, 3.05) is 0 Å². The number of esters is 6. The summed E-state index contributed by atoms with van der Waals surface area (Å²) in [6, 6.07) is 11.7. The second-order valence-corrected chi connectivity index (χ2v) is 9.53. The van der Waals surface area contributed by atoms with E-state index in [2.05, 4.69) is 0 Å². The van der Waals surface area contributed by atoms with Crippen LogP contribution in [-0.2, 0) is 41.6 Å². The number of hydrogen-bond donors (Lipinski definition) is 0. The van der Waals surface area contributed by atoms with Gasteiger partial charge in [-0.05, 0) is 48.5 Å². The van der Waals surface area contributed by atoms with E-state index in [-0.39, 0.29) is 47.3 Å². The highest BCUT2D eigenvalue weighted by Crippen LogP contribution is 2.38. The minimum atomic E-state index is -0.671. The molecule has 0 amide bonds. The van der Waals surface area contributed by atoms with E-state index in [9.17, 15) is 28.8 Å². The van der Waals surface area contributed by atoms with Gasteiger partial charge in [-0.25, -0.2) is 0 Å². The van der Waals surface area contributed by atoms with Gasteiger partial charge in [0.2, 0.25) is 0 Å². The van der Waals surface area contributed by atoms with Crippen LogP contribution in [0.25, 0.3) is 0 Å². The summed E-state index contributed by atoms with van der Waals surface area (Å²) in [4.78, 5) is 71.1. The Kier molecular flexibility index (Phi) is 10.9. The fraction of sp³-hybridized carbons (Fsp3) is 0.250. The molecule has 0 unspecified atom stereocenters. The maximum atomic E-state index is 12.3. The molecule has 0 aliphatic carbocycles. The second kappa shape index (κ2) is 14.6. The molecule has 0 aliphatic rings. The number of benzene rings is 3. The summed E-state index contributed by atoms with van der Waals surface area (Å²) in [5.74, 6) is -2.86. The molecular weight excluding hydrogens is 576 g/mol. The first-order valence-electron chi connectivity index (χ1n) is 13.2. The van der Waals surface area contributed by atoms with Gasteiger partial charge in [-0.2, -0.15) is 0 Å². The van der Waals surface area contributed by atoms with Crippen LogP contribution in [-0.4, -0.2) is 35.8 Å². The van der Waals surface area contributed by atoms with E-state index in [4.69, 9.17) is 28.4 Å². The van der Waals surface area contributed by atoms with Gasteiger partial charge < -0.3 is 28.4 Å². The van der Waals surface area contributed by atoms with Crippen molar-refractivity contribution in [3.05, 3.63) is 70.8 Å². The van der Waals surface area contributed by atoms with E-state index in [1.54, 1.807) is 0 Å². The lowest BCUT2D eigenvalue weighted by Crippen LogP contribution is -2.11. The average molecular weight is 607 g/mol. The number of carbonyl (C=O) groups excluding carboxylic acids is 6. The van der Waals surface area contributed by atoms with Crippen LogP contribution in [0.15, 0.2) is 48.5 Å². The quantitative estimate of drug-likeness (QED) is 0.237. The zero-order valence-corrected chi connectivity index (χ0v) is 24.9. The zero-order valence-electron chi connectivity index (χ0n) is 24.9. The predicted octanol–water partition coefficient (Wildman–Crippen LogP) is 4.42. The van der Waals surface area contributed by atoms with E-state index in [1.165, 1.54) is 90.1 Å². The van der Waals surface area contributed by atoms with Crippen LogP contribution in [0.5, 0.6) is 34.5 Å². The normalized spacial score (nSPS) is 10.3. The smallest absolute Gasteiger partial charge is 0.308 e. The molecular formula is C32H30O12. The van der Waals surface area contributed by atoms with Crippen molar-refractivity contribution in [1.29, 1.82) is 0 Å². The topological polar surface area (TPSA) is 158 Å². The Morgan fingerprint density at radius 1 is 0.409 bits per heavy atom. The van der Waals surface area contributed by atoms with Gasteiger partial charge in [-0.3, -0.25) is 28.8 Å². The van der Waals surface area contributed by atoms with Crippen LogP contribution < -0.4 is 28.4 Å². The summed E-state index contributed by atoms with van der Waals surface area (Å²) in [7, 11) is 0. The van der Waals surface area contributed by atoms with Gasteiger partial charge in [0, 0.05) is 76.6 Å². The van der Waals surface area contributed by atoms with Crippen molar-refractivity contribution in [2.24, 2.45) is 0 Å². The first-order chi connectivity index (χ1) is 20.7. The summed E-state index contributed by atoms with van der Waals surface area (Å²) in [5.41, 5.74) is 1.39. The lowest BCUT2D eigenvalue weighted by Gasteiger charge is -2.19. The van der Waals surface area contributed by atoms with Crippen LogP contribution in [0.2, 0.25) is 0 Å². The van der Waals surface area contributed by atoms with Crippen LogP contribution >= 0.6 is 0 Å². The SMILES string of the molecule is CC(=O)Oc1ccc(OC(C)=O)c(Cc2cc(OC(C)=O)cc(Cc3cc(OC(C)=O)ccc3OC(C)=O)c2OC(C)=O)c1. The molecule has 0 fully saturated rings. The molecule has 0 saturated carbocycles. The van der Waals surface area contributed by atoms with Crippen LogP contribution in [0.3, 0.4) is 0 Å². The molecule has 0 saturated heterocycles. The van der Waals surface area contributed by atoms with Gasteiger partial charge in [0.1, 0.15) is 34.5 Å². The fourth-order valence-corrected chi connectivity index (χ4v) is 4.25.